The number of hydrogen-bond donors (Lipinski definition) is 1. The molecule has 0 fully saturated rings. The van der Waals surface area contributed by atoms with Crippen molar-refractivity contribution < 1.29 is 22.6 Å². The van der Waals surface area contributed by atoms with E-state index < -0.39 is 13.0 Å². The first kappa shape index (κ1) is 14.7. The molecule has 0 radical (unpaired) electrons. The Bertz CT molecular complexity index is 435. The normalized spacial score (nSPS) is 11.3. The Hall–Kier alpha value is -1.34. The molecule has 0 amide bonds. The second-order valence-electron chi connectivity index (χ2n) is 3.49. The summed E-state index contributed by atoms with van der Waals surface area (Å²) in [6.07, 6.45) is -4.64. The fraction of sp³-hybridized carbons (Fsp3) is 0.364. The number of aryl methyl sites for hydroxylation is 1. The molecule has 0 atom stereocenters. The van der Waals surface area contributed by atoms with Gasteiger partial charge < -0.3 is 10.5 Å². The molecule has 0 saturated carbocycles. The lowest BCUT2D eigenvalue weighted by Gasteiger charge is -2.11. The lowest BCUT2D eigenvalue weighted by atomic mass is 10.1. The van der Waals surface area contributed by atoms with E-state index >= 15 is 0 Å². The third kappa shape index (κ3) is 4.89. The van der Waals surface area contributed by atoms with Gasteiger partial charge in [0.05, 0.1) is 6.61 Å². The number of alkyl halides is 3. The number of ether oxygens (including phenoxy) is 2. The molecule has 18 heavy (non-hydrogen) atoms. The zero-order valence-electron chi connectivity index (χ0n) is 9.58. The number of thiocarbonyl (C=S) groups is 1. The van der Waals surface area contributed by atoms with Crippen LogP contribution >= 0.6 is 12.2 Å². The van der Waals surface area contributed by atoms with Crippen LogP contribution in [-0.4, -0.2) is 24.6 Å². The maximum Gasteiger partial charge on any atom is 0.522 e. The van der Waals surface area contributed by atoms with Crippen molar-refractivity contribution >= 4 is 17.2 Å². The van der Waals surface area contributed by atoms with Crippen molar-refractivity contribution in [2.75, 3.05) is 13.2 Å². The van der Waals surface area contributed by atoms with Gasteiger partial charge in [-0.15, -0.1) is 13.2 Å². The molecule has 1 rings (SSSR count). The summed E-state index contributed by atoms with van der Waals surface area (Å²) in [5, 5.41) is 0. The minimum atomic E-state index is -4.64. The molecule has 0 aliphatic rings. The molecular weight excluding hydrogens is 267 g/mol. The van der Waals surface area contributed by atoms with Crippen LogP contribution in [0.3, 0.4) is 0 Å². The van der Waals surface area contributed by atoms with E-state index in [-0.39, 0.29) is 11.6 Å². The molecule has 0 aromatic heterocycles. The summed E-state index contributed by atoms with van der Waals surface area (Å²) in [4.78, 5) is 0.200. The van der Waals surface area contributed by atoms with Crippen molar-refractivity contribution in [1.82, 2.24) is 0 Å². The average molecular weight is 279 g/mol. The maximum absolute atomic E-state index is 11.7. The third-order valence-electron chi connectivity index (χ3n) is 2.08. The Kier molecular flexibility index (Phi) is 4.92. The minimum Gasteiger partial charge on any atom is -0.491 e. The first-order valence-corrected chi connectivity index (χ1v) is 5.44. The lowest BCUT2D eigenvalue weighted by Crippen LogP contribution is -2.18. The molecule has 1 aromatic carbocycles. The van der Waals surface area contributed by atoms with Crippen molar-refractivity contribution in [1.29, 1.82) is 0 Å². The van der Waals surface area contributed by atoms with E-state index in [9.17, 15) is 13.2 Å². The first-order chi connectivity index (χ1) is 8.29. The van der Waals surface area contributed by atoms with Gasteiger partial charge in [0, 0.05) is 5.56 Å². The van der Waals surface area contributed by atoms with Gasteiger partial charge in [-0.1, -0.05) is 24.4 Å². The zero-order valence-corrected chi connectivity index (χ0v) is 10.4. The summed E-state index contributed by atoms with van der Waals surface area (Å²) < 4.78 is 43.9. The quantitative estimate of drug-likeness (QED) is 0.664. The highest BCUT2D eigenvalue weighted by atomic mass is 32.1. The number of nitrogens with two attached hydrogens (primary N) is 1. The molecule has 0 spiro atoms. The fourth-order valence-corrected chi connectivity index (χ4v) is 1.34. The second-order valence-corrected chi connectivity index (χ2v) is 3.93. The van der Waals surface area contributed by atoms with Gasteiger partial charge in [0.15, 0.2) is 0 Å². The Morgan fingerprint density at radius 1 is 1.33 bits per heavy atom. The van der Waals surface area contributed by atoms with E-state index in [4.69, 9.17) is 22.7 Å². The summed E-state index contributed by atoms with van der Waals surface area (Å²) in [6, 6.07) is 5.04. The van der Waals surface area contributed by atoms with Crippen LogP contribution in [0.5, 0.6) is 5.75 Å². The average Bonchev–Trinajstić information content (AvgIpc) is 2.24. The van der Waals surface area contributed by atoms with E-state index in [0.29, 0.717) is 11.3 Å². The molecule has 0 aliphatic heterocycles. The summed E-state index contributed by atoms with van der Waals surface area (Å²) in [7, 11) is 0. The Morgan fingerprint density at radius 3 is 2.56 bits per heavy atom. The van der Waals surface area contributed by atoms with Crippen LogP contribution in [0.25, 0.3) is 0 Å². The minimum absolute atomic E-state index is 0.200. The van der Waals surface area contributed by atoms with Crippen molar-refractivity contribution in [3.63, 3.8) is 0 Å². The number of hydrogen-bond acceptors (Lipinski definition) is 3. The van der Waals surface area contributed by atoms with Gasteiger partial charge in [0.25, 0.3) is 0 Å². The van der Waals surface area contributed by atoms with Crippen LogP contribution in [0.15, 0.2) is 18.2 Å². The highest BCUT2D eigenvalue weighted by Gasteiger charge is 2.28. The Morgan fingerprint density at radius 2 is 2.00 bits per heavy atom. The molecule has 0 aliphatic carbocycles. The highest BCUT2D eigenvalue weighted by molar-refractivity contribution is 7.80. The molecule has 2 N–H and O–H groups in total. The Labute approximate surface area is 108 Å². The van der Waals surface area contributed by atoms with E-state index in [1.54, 1.807) is 25.1 Å². The maximum atomic E-state index is 11.7. The molecule has 0 heterocycles. The monoisotopic (exact) mass is 279 g/mol. The van der Waals surface area contributed by atoms with Crippen LogP contribution in [0.2, 0.25) is 0 Å². The molecule has 3 nitrogen and oxygen atoms in total. The summed E-state index contributed by atoms with van der Waals surface area (Å²) in [5.41, 5.74) is 6.83. The van der Waals surface area contributed by atoms with E-state index in [0.717, 1.165) is 5.56 Å². The number of benzene rings is 1. The van der Waals surface area contributed by atoms with Crippen LogP contribution in [-0.2, 0) is 4.74 Å². The predicted molar refractivity (Wildman–Crippen MR) is 64.6 cm³/mol. The van der Waals surface area contributed by atoms with Crippen LogP contribution in [0.4, 0.5) is 13.2 Å². The molecule has 0 saturated heterocycles. The molecule has 0 unspecified atom stereocenters. The van der Waals surface area contributed by atoms with Gasteiger partial charge in [0.2, 0.25) is 0 Å². The van der Waals surface area contributed by atoms with Gasteiger partial charge in [-0.25, -0.2) is 0 Å². The second kappa shape index (κ2) is 6.01. The standard InChI is InChI=1S/C11H12F3NO2S/c1-7-2-3-8(10(15)18)6-9(7)16-4-5-17-11(12,13)14/h2-3,6H,4-5H2,1H3,(H2,15,18). The van der Waals surface area contributed by atoms with Gasteiger partial charge in [-0.3, -0.25) is 4.74 Å². The summed E-state index contributed by atoms with van der Waals surface area (Å²) in [6.45, 7) is 0.991. The molecule has 7 heteroatoms. The Balaban J connectivity index is 2.56. The zero-order chi connectivity index (χ0) is 13.8. The van der Waals surface area contributed by atoms with E-state index in [1.165, 1.54) is 0 Å². The molecular formula is C11H12F3NO2S. The smallest absolute Gasteiger partial charge is 0.491 e. The van der Waals surface area contributed by atoms with Gasteiger partial charge in [0.1, 0.15) is 17.3 Å². The van der Waals surface area contributed by atoms with Gasteiger partial charge >= 0.3 is 6.36 Å². The number of rotatable bonds is 5. The molecule has 0 bridgehead atoms. The lowest BCUT2D eigenvalue weighted by molar-refractivity contribution is -0.325. The predicted octanol–water partition coefficient (Wildman–Crippen LogP) is 2.54. The van der Waals surface area contributed by atoms with Crippen LogP contribution < -0.4 is 10.5 Å². The summed E-state index contributed by atoms with van der Waals surface area (Å²) in [5.74, 6) is 0.436. The molecule has 100 valence electrons. The third-order valence-corrected chi connectivity index (χ3v) is 2.31. The van der Waals surface area contributed by atoms with Gasteiger partial charge in [-0.2, -0.15) is 0 Å². The first-order valence-electron chi connectivity index (χ1n) is 5.03. The van der Waals surface area contributed by atoms with E-state index in [1.807, 2.05) is 0 Å². The topological polar surface area (TPSA) is 44.5 Å². The van der Waals surface area contributed by atoms with Crippen molar-refractivity contribution in [2.24, 2.45) is 5.73 Å². The van der Waals surface area contributed by atoms with Crippen molar-refractivity contribution in [3.8, 4) is 5.75 Å². The SMILES string of the molecule is Cc1ccc(C(N)=S)cc1OCCOC(F)(F)F. The molecule has 1 aromatic rings. The van der Waals surface area contributed by atoms with Crippen molar-refractivity contribution in [2.45, 2.75) is 13.3 Å². The largest absolute Gasteiger partial charge is 0.522 e. The number of halogens is 3. The fourth-order valence-electron chi connectivity index (χ4n) is 1.22. The summed E-state index contributed by atoms with van der Waals surface area (Å²) >= 11 is 4.80. The van der Waals surface area contributed by atoms with Crippen LogP contribution in [0, 0.1) is 6.92 Å². The van der Waals surface area contributed by atoms with Crippen molar-refractivity contribution in [3.05, 3.63) is 29.3 Å². The van der Waals surface area contributed by atoms with Gasteiger partial charge in [-0.05, 0) is 18.6 Å². The highest BCUT2D eigenvalue weighted by Crippen LogP contribution is 2.20. The van der Waals surface area contributed by atoms with E-state index in [2.05, 4.69) is 4.74 Å². The van der Waals surface area contributed by atoms with Crippen LogP contribution in [0.1, 0.15) is 11.1 Å².